The molecule has 0 aliphatic heterocycles. The molecule has 0 aliphatic carbocycles. The number of fused-ring (bicyclic) bond motifs is 1. The van der Waals surface area contributed by atoms with Crippen LogP contribution in [0.5, 0.6) is 0 Å². The Bertz CT molecular complexity index is 739. The van der Waals surface area contributed by atoms with Crippen LogP contribution in [0.4, 0.5) is 5.69 Å². The number of carbonyl (C=O) groups excluding carboxylic acids is 1. The summed E-state index contributed by atoms with van der Waals surface area (Å²) in [6.45, 7) is 4.07. The molecule has 3 rings (SSSR count). The normalized spacial score (nSPS) is 10.9. The Labute approximate surface area is 116 Å². The number of hydrogen-bond acceptors (Lipinski definition) is 2. The standard InChI is InChI=1S/C16H16N2O2/c1-3-11-6-4-5-10(2)15(11)18-16(19)13-9-14-12(17-13)7-8-20-14/h4-9,17H,3H2,1-2H3,(H,18,19). The highest BCUT2D eigenvalue weighted by molar-refractivity contribution is 6.06. The van der Waals surface area contributed by atoms with Gasteiger partial charge < -0.3 is 14.7 Å². The van der Waals surface area contributed by atoms with Crippen LogP contribution >= 0.6 is 0 Å². The van der Waals surface area contributed by atoms with Crippen LogP contribution in [0.15, 0.2) is 41.0 Å². The summed E-state index contributed by atoms with van der Waals surface area (Å²) in [5.74, 6) is -0.152. The first-order chi connectivity index (χ1) is 9.69. The van der Waals surface area contributed by atoms with Crippen molar-refractivity contribution in [3.63, 3.8) is 0 Å². The van der Waals surface area contributed by atoms with Crippen molar-refractivity contribution in [1.82, 2.24) is 4.98 Å². The molecule has 0 saturated heterocycles. The molecule has 0 atom stereocenters. The highest BCUT2D eigenvalue weighted by atomic mass is 16.3. The zero-order chi connectivity index (χ0) is 14.1. The summed E-state index contributed by atoms with van der Waals surface area (Å²) in [7, 11) is 0. The van der Waals surface area contributed by atoms with Gasteiger partial charge in [-0.1, -0.05) is 25.1 Å². The molecule has 4 heteroatoms. The minimum absolute atomic E-state index is 0.152. The van der Waals surface area contributed by atoms with Gasteiger partial charge in [0.1, 0.15) is 5.69 Å². The van der Waals surface area contributed by atoms with E-state index in [4.69, 9.17) is 4.42 Å². The van der Waals surface area contributed by atoms with E-state index in [9.17, 15) is 4.79 Å². The Morgan fingerprint density at radius 2 is 2.20 bits per heavy atom. The largest absolute Gasteiger partial charge is 0.463 e. The molecule has 0 saturated carbocycles. The lowest BCUT2D eigenvalue weighted by molar-refractivity contribution is 0.102. The van der Waals surface area contributed by atoms with Gasteiger partial charge in [-0.15, -0.1) is 0 Å². The number of rotatable bonds is 3. The second-order valence-electron chi connectivity index (χ2n) is 4.80. The SMILES string of the molecule is CCc1cccc(C)c1NC(=O)c1cc2occc2[nH]1. The Kier molecular flexibility index (Phi) is 3.06. The van der Waals surface area contributed by atoms with Crippen molar-refractivity contribution in [3.05, 3.63) is 53.4 Å². The van der Waals surface area contributed by atoms with Crippen molar-refractivity contribution in [2.45, 2.75) is 20.3 Å². The van der Waals surface area contributed by atoms with Gasteiger partial charge in [0.2, 0.25) is 0 Å². The number of benzene rings is 1. The fraction of sp³-hybridized carbons (Fsp3) is 0.188. The van der Waals surface area contributed by atoms with Crippen LogP contribution in [-0.2, 0) is 6.42 Å². The highest BCUT2D eigenvalue weighted by Gasteiger charge is 2.13. The van der Waals surface area contributed by atoms with Gasteiger partial charge in [0.05, 0.1) is 11.8 Å². The van der Waals surface area contributed by atoms with Crippen LogP contribution in [0, 0.1) is 6.92 Å². The van der Waals surface area contributed by atoms with Crippen molar-refractivity contribution in [2.75, 3.05) is 5.32 Å². The third-order valence-corrected chi connectivity index (χ3v) is 3.46. The first-order valence-electron chi connectivity index (χ1n) is 6.65. The van der Waals surface area contributed by atoms with Crippen molar-refractivity contribution in [3.8, 4) is 0 Å². The van der Waals surface area contributed by atoms with Crippen LogP contribution in [0.1, 0.15) is 28.5 Å². The van der Waals surface area contributed by atoms with Gasteiger partial charge in [-0.2, -0.15) is 0 Å². The molecule has 20 heavy (non-hydrogen) atoms. The second-order valence-corrected chi connectivity index (χ2v) is 4.80. The van der Waals surface area contributed by atoms with Crippen LogP contribution in [0.25, 0.3) is 11.1 Å². The molecule has 4 nitrogen and oxygen atoms in total. The minimum atomic E-state index is -0.152. The van der Waals surface area contributed by atoms with E-state index in [1.807, 2.05) is 25.1 Å². The quantitative estimate of drug-likeness (QED) is 0.757. The summed E-state index contributed by atoms with van der Waals surface area (Å²) < 4.78 is 5.26. The van der Waals surface area contributed by atoms with E-state index in [-0.39, 0.29) is 5.91 Å². The Morgan fingerprint density at radius 3 is 2.95 bits per heavy atom. The molecule has 2 N–H and O–H groups in total. The molecule has 0 aliphatic rings. The zero-order valence-electron chi connectivity index (χ0n) is 11.5. The Hall–Kier alpha value is -2.49. The van der Waals surface area contributed by atoms with Crippen LogP contribution in [0.2, 0.25) is 0 Å². The predicted molar refractivity (Wildman–Crippen MR) is 79.1 cm³/mol. The Balaban J connectivity index is 1.91. The molecular formula is C16H16N2O2. The summed E-state index contributed by atoms with van der Waals surface area (Å²) in [6.07, 6.45) is 2.48. The van der Waals surface area contributed by atoms with E-state index in [1.54, 1.807) is 18.4 Å². The van der Waals surface area contributed by atoms with Gasteiger partial charge in [0, 0.05) is 17.8 Å². The highest BCUT2D eigenvalue weighted by Crippen LogP contribution is 2.23. The first kappa shape index (κ1) is 12.5. The molecule has 0 bridgehead atoms. The zero-order valence-corrected chi connectivity index (χ0v) is 11.5. The van der Waals surface area contributed by atoms with E-state index < -0.39 is 0 Å². The van der Waals surface area contributed by atoms with Gasteiger partial charge >= 0.3 is 0 Å². The second kappa shape index (κ2) is 4.89. The van der Waals surface area contributed by atoms with E-state index >= 15 is 0 Å². The predicted octanol–water partition coefficient (Wildman–Crippen LogP) is 3.88. The third-order valence-electron chi connectivity index (χ3n) is 3.46. The average Bonchev–Trinajstić information content (AvgIpc) is 3.01. The van der Waals surface area contributed by atoms with Crippen molar-refractivity contribution in [2.24, 2.45) is 0 Å². The fourth-order valence-electron chi connectivity index (χ4n) is 2.35. The lowest BCUT2D eigenvalue weighted by Gasteiger charge is -2.12. The van der Waals surface area contributed by atoms with E-state index in [0.717, 1.165) is 28.8 Å². The summed E-state index contributed by atoms with van der Waals surface area (Å²) in [4.78, 5) is 15.4. The Morgan fingerprint density at radius 1 is 1.35 bits per heavy atom. The molecule has 1 aromatic carbocycles. The number of carbonyl (C=O) groups is 1. The number of aromatic nitrogens is 1. The molecule has 0 spiro atoms. The van der Waals surface area contributed by atoms with Gasteiger partial charge in [-0.3, -0.25) is 4.79 Å². The lowest BCUT2D eigenvalue weighted by Crippen LogP contribution is -2.14. The third kappa shape index (κ3) is 2.09. The number of furan rings is 1. The number of amides is 1. The maximum atomic E-state index is 12.3. The van der Waals surface area contributed by atoms with Gasteiger partial charge in [0.15, 0.2) is 5.58 Å². The average molecular weight is 268 g/mol. The molecule has 0 radical (unpaired) electrons. The summed E-state index contributed by atoms with van der Waals surface area (Å²) in [6, 6.07) is 9.55. The van der Waals surface area contributed by atoms with Gasteiger partial charge in [0.25, 0.3) is 5.91 Å². The number of H-pyrrole nitrogens is 1. The minimum Gasteiger partial charge on any atom is -0.463 e. The van der Waals surface area contributed by atoms with E-state index in [0.29, 0.717) is 11.3 Å². The van der Waals surface area contributed by atoms with Gasteiger partial charge in [-0.25, -0.2) is 0 Å². The maximum Gasteiger partial charge on any atom is 0.272 e. The first-order valence-corrected chi connectivity index (χ1v) is 6.65. The van der Waals surface area contributed by atoms with E-state index in [2.05, 4.69) is 17.2 Å². The molecule has 0 fully saturated rings. The van der Waals surface area contributed by atoms with E-state index in [1.165, 1.54) is 0 Å². The topological polar surface area (TPSA) is 58.0 Å². The summed E-state index contributed by atoms with van der Waals surface area (Å²) >= 11 is 0. The molecule has 102 valence electrons. The van der Waals surface area contributed by atoms with Crippen molar-refractivity contribution in [1.29, 1.82) is 0 Å². The van der Waals surface area contributed by atoms with Crippen molar-refractivity contribution >= 4 is 22.7 Å². The smallest absolute Gasteiger partial charge is 0.272 e. The van der Waals surface area contributed by atoms with Crippen LogP contribution < -0.4 is 5.32 Å². The maximum absolute atomic E-state index is 12.3. The van der Waals surface area contributed by atoms with Gasteiger partial charge in [-0.05, 0) is 24.5 Å². The summed E-state index contributed by atoms with van der Waals surface area (Å²) in [5.41, 5.74) is 5.11. The number of aryl methyl sites for hydroxylation is 2. The number of anilines is 1. The number of para-hydroxylation sites is 1. The molecule has 2 aromatic heterocycles. The molecule has 3 aromatic rings. The number of aromatic amines is 1. The molecule has 1 amide bonds. The number of hydrogen-bond donors (Lipinski definition) is 2. The van der Waals surface area contributed by atoms with Crippen molar-refractivity contribution < 1.29 is 9.21 Å². The molecule has 0 unspecified atom stereocenters. The summed E-state index contributed by atoms with van der Waals surface area (Å²) in [5, 5.41) is 2.98. The monoisotopic (exact) mass is 268 g/mol. The molecule has 2 heterocycles. The molecular weight excluding hydrogens is 252 g/mol. The van der Waals surface area contributed by atoms with Crippen LogP contribution in [0.3, 0.4) is 0 Å². The fourth-order valence-corrected chi connectivity index (χ4v) is 2.35. The van der Waals surface area contributed by atoms with Crippen LogP contribution in [-0.4, -0.2) is 10.9 Å². The lowest BCUT2D eigenvalue weighted by atomic mass is 10.1. The number of nitrogens with one attached hydrogen (secondary N) is 2.